The average Bonchev–Trinajstić information content (AvgIpc) is 3.82. The second-order valence-corrected chi connectivity index (χ2v) is 15.8. The van der Waals surface area contributed by atoms with Gasteiger partial charge in [0.15, 0.2) is 0 Å². The van der Waals surface area contributed by atoms with E-state index in [1.54, 1.807) is 11.9 Å². The zero-order valence-corrected chi connectivity index (χ0v) is 33.1. The molecule has 0 aliphatic heterocycles. The van der Waals surface area contributed by atoms with Gasteiger partial charge in [-0.15, -0.1) is 0 Å². The number of nitrogens with one attached hydrogen (secondary N) is 1. The summed E-state index contributed by atoms with van der Waals surface area (Å²) in [5, 5.41) is 3.10. The molecule has 4 aliphatic rings. The minimum absolute atomic E-state index is 0.0837. The molecule has 0 heterocycles. The van der Waals surface area contributed by atoms with Crippen LogP contribution in [0.15, 0.2) is 84.9 Å². The Morgan fingerprint density at radius 1 is 0.589 bits per heavy atom. The van der Waals surface area contributed by atoms with Crippen molar-refractivity contribution < 1.29 is 28.7 Å². The fraction of sp³-hybridized carbons (Fsp3) is 0.417. The predicted molar refractivity (Wildman–Crippen MR) is 217 cm³/mol. The molecule has 0 saturated carbocycles. The SMILES string of the molecule is CCCOC(=O)C1(NC(=O)c2cccc3c2CCCC3)Cc2ccccc2C1.CCOC(=O)C1(N(C)C(=O)c2cccc3c2CCCC3)Cc2ccccc2C1. The van der Waals surface area contributed by atoms with Crippen LogP contribution < -0.4 is 5.32 Å². The average molecular weight is 755 g/mol. The summed E-state index contributed by atoms with van der Waals surface area (Å²) >= 11 is 0. The molecule has 292 valence electrons. The zero-order chi connectivity index (χ0) is 39.3. The van der Waals surface area contributed by atoms with E-state index in [-0.39, 0.29) is 23.8 Å². The predicted octanol–water partition coefficient (Wildman–Crippen LogP) is 7.52. The zero-order valence-electron chi connectivity index (χ0n) is 33.1. The number of fused-ring (bicyclic) bond motifs is 4. The van der Waals surface area contributed by atoms with Crippen LogP contribution in [0.5, 0.6) is 0 Å². The van der Waals surface area contributed by atoms with E-state index in [0.717, 1.165) is 83.9 Å². The first kappa shape index (κ1) is 39.0. The van der Waals surface area contributed by atoms with Crippen LogP contribution in [0.2, 0.25) is 0 Å². The molecule has 0 saturated heterocycles. The Morgan fingerprint density at radius 2 is 1.07 bits per heavy atom. The van der Waals surface area contributed by atoms with E-state index < -0.39 is 11.1 Å². The maximum absolute atomic E-state index is 13.6. The second kappa shape index (κ2) is 16.9. The minimum Gasteiger partial charge on any atom is -0.464 e. The lowest BCUT2D eigenvalue weighted by Crippen LogP contribution is -2.57. The van der Waals surface area contributed by atoms with Crippen LogP contribution in [-0.2, 0) is 70.4 Å². The van der Waals surface area contributed by atoms with Crippen LogP contribution in [0.25, 0.3) is 0 Å². The maximum atomic E-state index is 13.6. The molecule has 0 atom stereocenters. The van der Waals surface area contributed by atoms with Crippen LogP contribution in [0.1, 0.15) is 111 Å². The second-order valence-electron chi connectivity index (χ2n) is 15.8. The molecule has 56 heavy (non-hydrogen) atoms. The summed E-state index contributed by atoms with van der Waals surface area (Å²) < 4.78 is 11.0. The summed E-state index contributed by atoms with van der Waals surface area (Å²) in [4.78, 5) is 54.6. The molecular formula is C48H54N2O6. The van der Waals surface area contributed by atoms with Gasteiger partial charge in [0, 0.05) is 43.9 Å². The fourth-order valence-electron chi connectivity index (χ4n) is 9.25. The number of esters is 2. The van der Waals surface area contributed by atoms with Crippen LogP contribution in [0.3, 0.4) is 0 Å². The molecule has 8 rings (SSSR count). The number of aryl methyl sites for hydroxylation is 2. The molecule has 4 aliphatic carbocycles. The smallest absolute Gasteiger partial charge is 0.332 e. The molecule has 1 N–H and O–H groups in total. The van der Waals surface area contributed by atoms with Gasteiger partial charge in [0.2, 0.25) is 0 Å². The third-order valence-corrected chi connectivity index (χ3v) is 12.2. The molecule has 8 heteroatoms. The minimum atomic E-state index is -1.02. The van der Waals surface area contributed by atoms with Crippen molar-refractivity contribution in [3.63, 3.8) is 0 Å². The molecule has 0 spiro atoms. The van der Waals surface area contributed by atoms with E-state index in [0.29, 0.717) is 44.5 Å². The highest BCUT2D eigenvalue weighted by Gasteiger charge is 2.51. The fourth-order valence-corrected chi connectivity index (χ4v) is 9.25. The van der Waals surface area contributed by atoms with Gasteiger partial charge in [-0.1, -0.05) is 79.7 Å². The van der Waals surface area contributed by atoms with Gasteiger partial charge < -0.3 is 19.7 Å². The Labute approximate surface area is 331 Å². The van der Waals surface area contributed by atoms with E-state index in [1.165, 1.54) is 24.0 Å². The number of hydrogen-bond acceptors (Lipinski definition) is 6. The monoisotopic (exact) mass is 754 g/mol. The van der Waals surface area contributed by atoms with Gasteiger partial charge in [-0.05, 0) is 121 Å². The first-order valence-electron chi connectivity index (χ1n) is 20.5. The molecule has 0 fully saturated rings. The summed E-state index contributed by atoms with van der Waals surface area (Å²) in [6.07, 6.45) is 11.2. The Morgan fingerprint density at radius 3 is 1.61 bits per heavy atom. The quantitative estimate of drug-likeness (QED) is 0.178. The van der Waals surface area contributed by atoms with E-state index in [4.69, 9.17) is 9.47 Å². The van der Waals surface area contributed by atoms with E-state index in [2.05, 4.69) is 17.4 Å². The largest absolute Gasteiger partial charge is 0.464 e. The molecule has 8 nitrogen and oxygen atoms in total. The molecule has 0 radical (unpaired) electrons. The van der Waals surface area contributed by atoms with Crippen LogP contribution >= 0.6 is 0 Å². The summed E-state index contributed by atoms with van der Waals surface area (Å²) in [6.45, 7) is 4.45. The van der Waals surface area contributed by atoms with Crippen molar-refractivity contribution in [3.05, 3.63) is 141 Å². The van der Waals surface area contributed by atoms with Crippen molar-refractivity contribution in [1.29, 1.82) is 0 Å². The van der Waals surface area contributed by atoms with E-state index in [9.17, 15) is 19.2 Å². The number of carbonyl (C=O) groups is 4. The number of likely N-dealkylation sites (N-methyl/N-ethyl adjacent to an activating group) is 1. The number of rotatable bonds is 9. The van der Waals surface area contributed by atoms with Crippen LogP contribution in [0.4, 0.5) is 0 Å². The van der Waals surface area contributed by atoms with Crippen molar-refractivity contribution in [3.8, 4) is 0 Å². The molecule has 0 unspecified atom stereocenters. The maximum Gasteiger partial charge on any atom is 0.332 e. The van der Waals surface area contributed by atoms with Gasteiger partial charge in [0.25, 0.3) is 11.8 Å². The summed E-state index contributed by atoms with van der Waals surface area (Å²) in [5.74, 6) is -0.893. The number of benzene rings is 4. The highest BCUT2D eigenvalue weighted by atomic mass is 16.5. The lowest BCUT2D eigenvalue weighted by atomic mass is 9.86. The standard InChI is InChI=1S/2C24H27NO3/c1-3-28-23(27)24(15-18-10-4-5-11-19(18)16-24)25(2)22(26)21-14-8-12-17-9-6-7-13-20(17)21;1-2-14-28-23(27)24(15-18-9-3-4-10-19(18)16-24)25-22(26)21-13-7-11-17-8-5-6-12-20(17)21/h4-5,8,10-12,14H,3,6-7,9,13,15-16H2,1-2H3;3-4,7,9-11,13H,2,5-6,8,12,14-16H2,1H3,(H,25,26). The Kier molecular flexibility index (Phi) is 11.7. The van der Waals surface area contributed by atoms with Crippen molar-refractivity contribution in [2.45, 2.75) is 108 Å². The molecule has 4 aromatic rings. The highest BCUT2D eigenvalue weighted by molar-refractivity contribution is 6.01. The van der Waals surface area contributed by atoms with Crippen molar-refractivity contribution >= 4 is 23.8 Å². The molecule has 0 aromatic heterocycles. The van der Waals surface area contributed by atoms with Gasteiger partial charge in [-0.3, -0.25) is 9.59 Å². The van der Waals surface area contributed by atoms with Crippen molar-refractivity contribution in [2.75, 3.05) is 20.3 Å². The van der Waals surface area contributed by atoms with E-state index >= 15 is 0 Å². The van der Waals surface area contributed by atoms with E-state index in [1.807, 2.05) is 86.6 Å². The Bertz CT molecular complexity index is 2070. The normalized spacial score (nSPS) is 16.8. The van der Waals surface area contributed by atoms with Gasteiger partial charge in [-0.25, -0.2) is 9.59 Å². The highest BCUT2D eigenvalue weighted by Crippen LogP contribution is 2.37. The summed E-state index contributed by atoms with van der Waals surface area (Å²) in [7, 11) is 1.76. The summed E-state index contributed by atoms with van der Waals surface area (Å²) in [5.41, 5.74) is 8.70. The Balaban J connectivity index is 0.000000172. The Hall–Kier alpha value is -5.24. The van der Waals surface area contributed by atoms with Gasteiger partial charge >= 0.3 is 11.9 Å². The van der Waals surface area contributed by atoms with Gasteiger partial charge in [0.1, 0.15) is 11.1 Å². The summed E-state index contributed by atoms with van der Waals surface area (Å²) in [6, 6.07) is 28.0. The lowest BCUT2D eigenvalue weighted by Gasteiger charge is -2.37. The van der Waals surface area contributed by atoms with Crippen LogP contribution in [0, 0.1) is 0 Å². The van der Waals surface area contributed by atoms with Crippen LogP contribution in [-0.4, -0.2) is 60.0 Å². The molecule has 4 aromatic carbocycles. The topological polar surface area (TPSA) is 102 Å². The van der Waals surface area contributed by atoms with Crippen molar-refractivity contribution in [2.24, 2.45) is 0 Å². The first-order chi connectivity index (χ1) is 27.2. The number of carbonyl (C=O) groups excluding carboxylic acids is 4. The lowest BCUT2D eigenvalue weighted by molar-refractivity contribution is -0.155. The third kappa shape index (κ3) is 7.63. The first-order valence-corrected chi connectivity index (χ1v) is 20.5. The molecule has 2 amide bonds. The third-order valence-electron chi connectivity index (χ3n) is 12.2. The van der Waals surface area contributed by atoms with Gasteiger partial charge in [0.05, 0.1) is 13.2 Å². The van der Waals surface area contributed by atoms with Gasteiger partial charge in [-0.2, -0.15) is 0 Å². The molecule has 0 bridgehead atoms. The number of hydrogen-bond donors (Lipinski definition) is 1. The number of amides is 2. The van der Waals surface area contributed by atoms with Crippen molar-refractivity contribution in [1.82, 2.24) is 10.2 Å². The number of nitrogens with zero attached hydrogens (tertiary/aromatic N) is 1. The number of ether oxygens (including phenoxy) is 2. The molecular weight excluding hydrogens is 701 g/mol.